The Labute approximate surface area is 254 Å². The number of hydrogen-bond donors (Lipinski definition) is 0. The van der Waals surface area contributed by atoms with Crippen molar-refractivity contribution < 1.29 is 8.83 Å². The number of nitrogens with zero attached hydrogens (tertiary/aromatic N) is 3. The van der Waals surface area contributed by atoms with Gasteiger partial charge < -0.3 is 13.2 Å². The first-order valence-corrected chi connectivity index (χ1v) is 15.1. The molecule has 0 fully saturated rings. The summed E-state index contributed by atoms with van der Waals surface area (Å²) < 4.78 is 15.1. The molecule has 0 bridgehead atoms. The van der Waals surface area contributed by atoms with Gasteiger partial charge in [-0.25, -0.2) is 0 Å². The number of aromatic nitrogens is 3. The minimum atomic E-state index is 0.878. The summed E-state index contributed by atoms with van der Waals surface area (Å²) in [6.07, 6.45) is 7.73. The lowest BCUT2D eigenvalue weighted by atomic mass is 9.88. The van der Waals surface area contributed by atoms with E-state index in [0.29, 0.717) is 0 Å². The second-order valence-corrected chi connectivity index (χ2v) is 11.7. The normalized spacial score (nSPS) is 12.4. The van der Waals surface area contributed by atoms with Crippen molar-refractivity contribution in [1.82, 2.24) is 14.4 Å². The Balaban J connectivity index is 1.42. The fraction of sp³-hybridized carbons (Fsp3) is 0. The summed E-state index contributed by atoms with van der Waals surface area (Å²) in [7, 11) is 0. The van der Waals surface area contributed by atoms with Crippen LogP contribution in [0.25, 0.3) is 104 Å². The Kier molecular flexibility index (Phi) is 4.26. The smallest absolute Gasteiger partial charge is 0.136 e. The van der Waals surface area contributed by atoms with Crippen LogP contribution < -0.4 is 0 Å². The average molecular weight is 576 g/mol. The summed E-state index contributed by atoms with van der Waals surface area (Å²) in [5.41, 5.74) is 11.4. The predicted octanol–water partition coefficient (Wildman–Crippen LogP) is 10.8. The molecule has 45 heavy (non-hydrogen) atoms. The van der Waals surface area contributed by atoms with Gasteiger partial charge in [-0.1, -0.05) is 60.7 Å². The summed E-state index contributed by atoms with van der Waals surface area (Å²) in [5, 5.41) is 9.17. The average Bonchev–Trinajstić information content (AvgIpc) is 3.84. The van der Waals surface area contributed by atoms with Crippen molar-refractivity contribution in [3.05, 3.63) is 128 Å². The Bertz CT molecular complexity index is 2800. The first-order valence-electron chi connectivity index (χ1n) is 15.1. The van der Waals surface area contributed by atoms with Gasteiger partial charge in [-0.15, -0.1) is 0 Å². The van der Waals surface area contributed by atoms with Gasteiger partial charge in [0.15, 0.2) is 0 Å². The van der Waals surface area contributed by atoms with E-state index >= 15 is 0 Å². The van der Waals surface area contributed by atoms with E-state index in [9.17, 15) is 0 Å². The summed E-state index contributed by atoms with van der Waals surface area (Å²) >= 11 is 0. The molecule has 11 aromatic rings. The highest BCUT2D eigenvalue weighted by atomic mass is 16.3. The molecule has 0 N–H and O–H groups in total. The van der Waals surface area contributed by atoms with E-state index in [2.05, 4.69) is 93.2 Å². The molecule has 0 atom stereocenters. The zero-order valence-corrected chi connectivity index (χ0v) is 23.8. The second-order valence-electron chi connectivity index (χ2n) is 11.7. The first-order chi connectivity index (χ1) is 22.3. The molecule has 0 unspecified atom stereocenters. The SMILES string of the molecule is c1ccc2c(c1)oc1cccc(-c3cc(-c4cccc5oc6ccccc6c45)c4c5ccncc5n5c6cnccc6c3c45)c12. The van der Waals surface area contributed by atoms with Crippen LogP contribution in [0.15, 0.2) is 137 Å². The van der Waals surface area contributed by atoms with Gasteiger partial charge in [0.1, 0.15) is 22.3 Å². The van der Waals surface area contributed by atoms with Crippen molar-refractivity contribution in [2.75, 3.05) is 0 Å². The molecular formula is C40H21N3O2. The molecule has 6 heterocycles. The lowest BCUT2D eigenvalue weighted by Crippen LogP contribution is -1.88. The van der Waals surface area contributed by atoms with Crippen LogP contribution in [-0.4, -0.2) is 14.4 Å². The molecular weight excluding hydrogens is 554 g/mol. The van der Waals surface area contributed by atoms with E-state index < -0.39 is 0 Å². The zero-order valence-electron chi connectivity index (χ0n) is 23.8. The number of furan rings is 2. The Morgan fingerprint density at radius 3 is 1.44 bits per heavy atom. The number of fused-ring (bicyclic) bond motifs is 12. The number of para-hydroxylation sites is 2. The first kappa shape index (κ1) is 23.3. The predicted molar refractivity (Wildman–Crippen MR) is 182 cm³/mol. The number of pyridine rings is 2. The molecule has 0 aliphatic carbocycles. The molecule has 0 aliphatic heterocycles. The van der Waals surface area contributed by atoms with Crippen LogP contribution in [0.3, 0.4) is 0 Å². The molecule has 0 saturated heterocycles. The van der Waals surface area contributed by atoms with Gasteiger partial charge in [0, 0.05) is 55.5 Å². The van der Waals surface area contributed by atoms with Crippen molar-refractivity contribution in [1.29, 1.82) is 0 Å². The summed E-state index contributed by atoms with van der Waals surface area (Å²) in [5.74, 6) is 0. The summed E-state index contributed by atoms with van der Waals surface area (Å²) in [6, 6.07) is 36.1. The van der Waals surface area contributed by atoms with Gasteiger partial charge in [0.05, 0.1) is 28.9 Å². The minimum absolute atomic E-state index is 0.878. The maximum atomic E-state index is 6.38. The van der Waals surface area contributed by atoms with Crippen LogP contribution in [0.2, 0.25) is 0 Å². The van der Waals surface area contributed by atoms with E-state index in [4.69, 9.17) is 8.83 Å². The van der Waals surface area contributed by atoms with Crippen molar-refractivity contribution in [2.24, 2.45) is 0 Å². The Morgan fingerprint density at radius 1 is 0.422 bits per heavy atom. The minimum Gasteiger partial charge on any atom is -0.456 e. The van der Waals surface area contributed by atoms with E-state index in [1.165, 1.54) is 16.3 Å². The molecule has 5 nitrogen and oxygen atoms in total. The molecule has 0 amide bonds. The topological polar surface area (TPSA) is 56.5 Å². The fourth-order valence-electron chi connectivity index (χ4n) is 7.78. The fourth-order valence-corrected chi connectivity index (χ4v) is 7.78. The van der Waals surface area contributed by atoms with Crippen LogP contribution in [0.1, 0.15) is 0 Å². The van der Waals surface area contributed by atoms with Gasteiger partial charge in [0.2, 0.25) is 0 Å². The highest BCUT2D eigenvalue weighted by Gasteiger charge is 2.26. The van der Waals surface area contributed by atoms with Gasteiger partial charge in [-0.05, 0) is 64.7 Å². The quantitative estimate of drug-likeness (QED) is 0.206. The monoisotopic (exact) mass is 575 g/mol. The molecule has 6 aromatic heterocycles. The third kappa shape index (κ3) is 2.88. The van der Waals surface area contributed by atoms with Gasteiger partial charge in [-0.3, -0.25) is 9.97 Å². The maximum Gasteiger partial charge on any atom is 0.136 e. The van der Waals surface area contributed by atoms with Crippen LogP contribution in [0.5, 0.6) is 0 Å². The molecule has 11 rings (SSSR count). The largest absolute Gasteiger partial charge is 0.456 e. The maximum absolute atomic E-state index is 6.38. The highest BCUT2D eigenvalue weighted by Crippen LogP contribution is 2.51. The molecule has 0 radical (unpaired) electrons. The number of hydrogen-bond acceptors (Lipinski definition) is 4. The van der Waals surface area contributed by atoms with Crippen LogP contribution in [0.4, 0.5) is 0 Å². The molecule has 0 saturated carbocycles. The van der Waals surface area contributed by atoms with Crippen molar-refractivity contribution >= 4 is 82.0 Å². The third-order valence-corrected chi connectivity index (χ3v) is 9.53. The summed E-state index contributed by atoms with van der Waals surface area (Å²) in [4.78, 5) is 9.16. The van der Waals surface area contributed by atoms with E-state index in [1.54, 1.807) is 0 Å². The van der Waals surface area contributed by atoms with Gasteiger partial charge in [0.25, 0.3) is 0 Å². The standard InChI is InChI=1S/C40H21N3O2/c1-3-11-32-26(7-1)36-22(9-5-13-34(36)44-32)28-19-29(23-10-6-14-35-37(23)27-8-2-4-12-33(27)45-35)39-25-16-18-42-21-31(25)43-30-20-41-17-15-24(30)38(28)40(39)43/h1-21H. The van der Waals surface area contributed by atoms with E-state index in [1.807, 2.05) is 49.1 Å². The lowest BCUT2D eigenvalue weighted by Gasteiger charge is -2.13. The van der Waals surface area contributed by atoms with Gasteiger partial charge in [-0.2, -0.15) is 0 Å². The van der Waals surface area contributed by atoms with Gasteiger partial charge >= 0.3 is 0 Å². The molecule has 0 spiro atoms. The van der Waals surface area contributed by atoms with Crippen LogP contribution >= 0.6 is 0 Å². The van der Waals surface area contributed by atoms with Crippen molar-refractivity contribution in [2.45, 2.75) is 0 Å². The highest BCUT2D eigenvalue weighted by molar-refractivity contribution is 6.32. The molecule has 5 heteroatoms. The van der Waals surface area contributed by atoms with Crippen LogP contribution in [-0.2, 0) is 0 Å². The number of benzene rings is 5. The van der Waals surface area contributed by atoms with Crippen LogP contribution in [0, 0.1) is 0 Å². The molecule has 0 aliphatic rings. The summed E-state index contributed by atoms with van der Waals surface area (Å²) in [6.45, 7) is 0. The number of rotatable bonds is 2. The molecule has 5 aromatic carbocycles. The van der Waals surface area contributed by atoms with E-state index in [0.717, 1.165) is 87.9 Å². The Hall–Kier alpha value is -6.20. The van der Waals surface area contributed by atoms with Crippen molar-refractivity contribution in [3.8, 4) is 22.3 Å². The van der Waals surface area contributed by atoms with E-state index in [-0.39, 0.29) is 0 Å². The Morgan fingerprint density at radius 2 is 0.911 bits per heavy atom. The van der Waals surface area contributed by atoms with Crippen molar-refractivity contribution in [3.63, 3.8) is 0 Å². The third-order valence-electron chi connectivity index (χ3n) is 9.53. The zero-order chi connectivity index (χ0) is 29.2. The molecule has 208 valence electrons. The lowest BCUT2D eigenvalue weighted by molar-refractivity contribution is 0.668. The second kappa shape index (κ2) is 8.24.